The van der Waals surface area contributed by atoms with Crippen LogP contribution >= 0.6 is 0 Å². The summed E-state index contributed by atoms with van der Waals surface area (Å²) in [5, 5.41) is 11.3. The Bertz CT molecular complexity index is 1190. The summed E-state index contributed by atoms with van der Waals surface area (Å²) in [4.78, 5) is 28.8. The Morgan fingerprint density at radius 2 is 1.29 bits per heavy atom. The van der Waals surface area contributed by atoms with Gasteiger partial charge in [-0.05, 0) is 29.6 Å². The number of urea groups is 1. The van der Waals surface area contributed by atoms with Crippen LogP contribution in [-0.4, -0.2) is 149 Å². The van der Waals surface area contributed by atoms with Gasteiger partial charge in [0.15, 0.2) is 0 Å². The van der Waals surface area contributed by atoms with E-state index in [1.807, 2.05) is 11.1 Å². The Morgan fingerprint density at radius 1 is 0.788 bits per heavy atom. The summed E-state index contributed by atoms with van der Waals surface area (Å²) in [6, 6.07) is -0.00671. The summed E-state index contributed by atoms with van der Waals surface area (Å²) >= 11 is 0. The number of ether oxygens (including phenoxy) is 7. The van der Waals surface area contributed by atoms with Crippen molar-refractivity contribution in [2.75, 3.05) is 112 Å². The van der Waals surface area contributed by atoms with Gasteiger partial charge in [-0.15, -0.1) is 5.10 Å². The van der Waals surface area contributed by atoms with Gasteiger partial charge in [-0.25, -0.2) is 9.48 Å². The van der Waals surface area contributed by atoms with Gasteiger partial charge >= 0.3 is 6.03 Å². The van der Waals surface area contributed by atoms with Crippen molar-refractivity contribution in [1.29, 1.82) is 0 Å². The van der Waals surface area contributed by atoms with E-state index in [4.69, 9.17) is 33.2 Å². The minimum Gasteiger partial charge on any atom is -0.377 e. The van der Waals surface area contributed by atoms with Crippen molar-refractivity contribution < 1.29 is 42.7 Å². The number of nitrogens with one attached hydrogen (secondary N) is 1. The van der Waals surface area contributed by atoms with Gasteiger partial charge in [0.1, 0.15) is 5.69 Å². The van der Waals surface area contributed by atoms with Gasteiger partial charge in [-0.1, -0.05) is 53.3 Å². The Kier molecular flexibility index (Phi) is 19.5. The molecule has 1 aromatic rings. The second-order valence-electron chi connectivity index (χ2n) is 15.4. The second-order valence-corrected chi connectivity index (χ2v) is 15.4. The number of carbonyl (C=O) groups is 2. The number of rotatable bonds is 26. The van der Waals surface area contributed by atoms with Gasteiger partial charge in [-0.2, -0.15) is 0 Å². The van der Waals surface area contributed by atoms with Gasteiger partial charge in [0.05, 0.1) is 112 Å². The lowest BCUT2D eigenvalue weighted by molar-refractivity contribution is -0.133. The molecule has 2 atom stereocenters. The summed E-state index contributed by atoms with van der Waals surface area (Å²) in [7, 11) is 0. The van der Waals surface area contributed by atoms with Crippen LogP contribution in [0.25, 0.3) is 0 Å². The summed E-state index contributed by atoms with van der Waals surface area (Å²) in [6.45, 7) is 26.8. The first kappa shape index (κ1) is 43.7. The molecule has 2 saturated heterocycles. The molecule has 2 aliphatic rings. The molecule has 15 heteroatoms. The predicted molar refractivity (Wildman–Crippen MR) is 196 cm³/mol. The molecule has 2 fully saturated rings. The maximum Gasteiger partial charge on any atom is 0.317 e. The zero-order valence-electron chi connectivity index (χ0n) is 32.7. The van der Waals surface area contributed by atoms with E-state index in [1.54, 1.807) is 9.58 Å². The highest BCUT2D eigenvalue weighted by molar-refractivity contribution is 5.84. The van der Waals surface area contributed by atoms with Crippen LogP contribution in [0, 0.1) is 22.7 Å². The van der Waals surface area contributed by atoms with Crippen molar-refractivity contribution in [3.05, 3.63) is 24.2 Å². The van der Waals surface area contributed by atoms with E-state index in [9.17, 15) is 9.59 Å². The monoisotopic (exact) mass is 738 g/mol. The zero-order chi connectivity index (χ0) is 37.8. The molecule has 3 heterocycles. The van der Waals surface area contributed by atoms with Crippen LogP contribution in [0.5, 0.6) is 0 Å². The summed E-state index contributed by atoms with van der Waals surface area (Å²) in [5.74, 6) is 0.599. The summed E-state index contributed by atoms with van der Waals surface area (Å²) in [6.07, 6.45) is 3.59. The van der Waals surface area contributed by atoms with Crippen molar-refractivity contribution in [3.63, 3.8) is 0 Å². The molecule has 1 aromatic heterocycles. The molecule has 0 bridgehead atoms. The Labute approximate surface area is 310 Å². The van der Waals surface area contributed by atoms with Gasteiger partial charge < -0.3 is 48.3 Å². The zero-order valence-corrected chi connectivity index (χ0v) is 32.7. The van der Waals surface area contributed by atoms with Crippen LogP contribution in [-0.2, 0) is 51.0 Å². The third kappa shape index (κ3) is 16.6. The lowest BCUT2D eigenvalue weighted by Gasteiger charge is -2.27. The molecule has 298 valence electrons. The smallest absolute Gasteiger partial charge is 0.317 e. The Morgan fingerprint density at radius 3 is 1.75 bits per heavy atom. The van der Waals surface area contributed by atoms with Crippen LogP contribution in [0.15, 0.2) is 18.5 Å². The summed E-state index contributed by atoms with van der Waals surface area (Å²) < 4.78 is 40.5. The molecular weight excluding hydrogens is 672 g/mol. The highest BCUT2D eigenvalue weighted by Gasteiger charge is 2.41. The van der Waals surface area contributed by atoms with Gasteiger partial charge in [-0.3, -0.25) is 4.79 Å². The topological polar surface area (TPSA) is 148 Å². The molecule has 52 heavy (non-hydrogen) atoms. The molecule has 0 saturated carbocycles. The number of nitrogens with zero attached hydrogens (tertiary/aromatic N) is 5. The number of aromatic nitrogens is 3. The first-order valence-corrected chi connectivity index (χ1v) is 18.8. The maximum absolute atomic E-state index is 12.9. The first-order valence-electron chi connectivity index (χ1n) is 18.8. The lowest BCUT2D eigenvalue weighted by atomic mass is 9.79. The highest BCUT2D eigenvalue weighted by Crippen LogP contribution is 2.39. The number of amides is 3. The Hall–Kier alpha value is -2.66. The minimum atomic E-state index is -0.100. The molecule has 1 unspecified atom stereocenters. The number of hydrogen-bond acceptors (Lipinski definition) is 11. The third-order valence-corrected chi connectivity index (χ3v) is 9.26. The van der Waals surface area contributed by atoms with Crippen molar-refractivity contribution in [1.82, 2.24) is 30.1 Å². The van der Waals surface area contributed by atoms with Gasteiger partial charge in [0.25, 0.3) is 0 Å². The quantitative estimate of drug-likeness (QED) is 0.140. The van der Waals surface area contributed by atoms with E-state index >= 15 is 0 Å². The van der Waals surface area contributed by atoms with Crippen molar-refractivity contribution in [3.8, 4) is 0 Å². The van der Waals surface area contributed by atoms with Crippen molar-refractivity contribution in [2.45, 2.75) is 67.5 Å². The molecule has 0 aromatic carbocycles. The van der Waals surface area contributed by atoms with Crippen LogP contribution in [0.4, 0.5) is 4.79 Å². The van der Waals surface area contributed by atoms with Gasteiger partial charge in [0.2, 0.25) is 5.91 Å². The molecule has 1 N–H and O–H groups in total. The normalized spacial score (nSPS) is 18.3. The van der Waals surface area contributed by atoms with E-state index in [0.29, 0.717) is 124 Å². The fraction of sp³-hybridized carbons (Fsp3) is 0.838. The first-order chi connectivity index (χ1) is 24.9. The van der Waals surface area contributed by atoms with E-state index < -0.39 is 0 Å². The molecule has 3 rings (SSSR count). The molecule has 3 amide bonds. The van der Waals surface area contributed by atoms with Crippen LogP contribution in [0.2, 0.25) is 0 Å². The van der Waals surface area contributed by atoms with Crippen LogP contribution in [0.3, 0.4) is 0 Å². The van der Waals surface area contributed by atoms with E-state index in [-0.39, 0.29) is 28.7 Å². The average molecular weight is 739 g/mol. The van der Waals surface area contributed by atoms with Crippen molar-refractivity contribution >= 4 is 11.9 Å². The number of allylic oxidation sites excluding steroid dienone is 1. The van der Waals surface area contributed by atoms with Crippen molar-refractivity contribution in [2.24, 2.45) is 22.7 Å². The van der Waals surface area contributed by atoms with E-state index in [1.165, 1.54) is 0 Å². The second kappa shape index (κ2) is 23.2. The molecular formula is C37H66N6O9. The largest absolute Gasteiger partial charge is 0.377 e. The molecule has 2 aliphatic heterocycles. The number of hydrogen-bond donors (Lipinski definition) is 1. The molecule has 0 radical (unpaired) electrons. The minimum absolute atomic E-state index is 0.00671. The predicted octanol–water partition coefficient (Wildman–Crippen LogP) is 3.38. The molecule has 0 aliphatic carbocycles. The Balaban J connectivity index is 1.00. The standard InChI is InChI=1S/C37H66N6O9/c1-30-26-33(37(5,6)7)34(44)43(30)29-32-28-42(40-39-32)11-13-47-15-17-49-19-21-51-23-25-52-24-22-50-20-18-48-16-14-46-12-9-38-35(45)41-10-8-31(27-41)36(2,3)4/h28,31,33H,1,8-27,29H2,2-7H3,(H,38,45)/t31-,33?/m0/s1. The number of likely N-dealkylation sites (tertiary alicyclic amines) is 2. The van der Waals surface area contributed by atoms with E-state index in [2.05, 4.69) is 63.8 Å². The van der Waals surface area contributed by atoms with E-state index in [0.717, 1.165) is 30.9 Å². The van der Waals surface area contributed by atoms with Crippen LogP contribution < -0.4 is 5.32 Å². The fourth-order valence-corrected chi connectivity index (χ4v) is 5.90. The highest BCUT2D eigenvalue weighted by atomic mass is 16.6. The molecule has 15 nitrogen and oxygen atoms in total. The average Bonchev–Trinajstić information content (AvgIpc) is 3.83. The van der Waals surface area contributed by atoms with Crippen LogP contribution in [0.1, 0.15) is 60.1 Å². The number of carbonyl (C=O) groups excluding carboxylic acids is 2. The van der Waals surface area contributed by atoms with Gasteiger partial charge in [0, 0.05) is 31.2 Å². The SMILES string of the molecule is C=C1CC(C(C)(C)C)C(=O)N1Cc1cn(CCOCCOCCOCCOCCOCCOCCOCCNC(=O)N2CC[C@H](C(C)(C)C)C2)nn1. The maximum atomic E-state index is 12.9. The fourth-order valence-electron chi connectivity index (χ4n) is 5.90. The third-order valence-electron chi connectivity index (χ3n) is 9.26. The summed E-state index contributed by atoms with van der Waals surface area (Å²) in [5.41, 5.74) is 1.70. The lowest BCUT2D eigenvalue weighted by Crippen LogP contribution is -2.40. The molecule has 0 spiro atoms.